The maximum absolute atomic E-state index is 12.2. The molecule has 1 aliphatic carbocycles. The van der Waals surface area contributed by atoms with Crippen molar-refractivity contribution >= 4 is 11.9 Å². The summed E-state index contributed by atoms with van der Waals surface area (Å²) < 4.78 is 5.10. The molecule has 132 valence electrons. The van der Waals surface area contributed by atoms with E-state index in [1.165, 1.54) is 0 Å². The second kappa shape index (κ2) is 8.80. The van der Waals surface area contributed by atoms with Gasteiger partial charge in [-0.25, -0.2) is 0 Å². The molecule has 2 rings (SSSR count). The number of ether oxygens (including phenoxy) is 1. The number of carbonyl (C=O) groups excluding carboxylic acids is 1. The third kappa shape index (κ3) is 5.32. The number of carboxylic acid groups (broad SMARTS) is 1. The van der Waals surface area contributed by atoms with Gasteiger partial charge in [0.05, 0.1) is 19.6 Å². The highest BCUT2D eigenvalue weighted by atomic mass is 16.5. The predicted octanol–water partition coefficient (Wildman–Crippen LogP) is 1.43. The number of carboxylic acids is 1. The predicted molar refractivity (Wildman–Crippen MR) is 90.7 cm³/mol. The van der Waals surface area contributed by atoms with Crippen LogP contribution in [-0.2, 0) is 27.4 Å². The number of nitrogens with one attached hydrogen (secondary N) is 1. The van der Waals surface area contributed by atoms with Crippen LogP contribution in [0.1, 0.15) is 30.9 Å². The van der Waals surface area contributed by atoms with Gasteiger partial charge in [-0.1, -0.05) is 31.2 Å². The highest BCUT2D eigenvalue weighted by Gasteiger charge is 2.34. The Labute approximate surface area is 142 Å². The van der Waals surface area contributed by atoms with Crippen molar-refractivity contribution in [1.82, 2.24) is 10.2 Å². The van der Waals surface area contributed by atoms with E-state index in [1.54, 1.807) is 7.11 Å². The van der Waals surface area contributed by atoms with E-state index in [1.807, 2.05) is 36.1 Å². The van der Waals surface area contributed by atoms with E-state index < -0.39 is 5.97 Å². The quantitative estimate of drug-likeness (QED) is 0.714. The van der Waals surface area contributed by atoms with Gasteiger partial charge in [0, 0.05) is 19.2 Å². The second-order valence-electron chi connectivity index (χ2n) is 6.28. The normalized spacial score (nSPS) is 19.8. The molecule has 1 aromatic rings. The van der Waals surface area contributed by atoms with Gasteiger partial charge in [0.1, 0.15) is 0 Å². The molecule has 1 aliphatic rings. The summed E-state index contributed by atoms with van der Waals surface area (Å²) in [5.41, 5.74) is 2.03. The summed E-state index contributed by atoms with van der Waals surface area (Å²) >= 11 is 0. The average Bonchev–Trinajstić information content (AvgIpc) is 2.49. The van der Waals surface area contributed by atoms with Crippen LogP contribution in [0.2, 0.25) is 0 Å². The lowest BCUT2D eigenvalue weighted by molar-refractivity contribution is -0.139. The van der Waals surface area contributed by atoms with Crippen molar-refractivity contribution < 1.29 is 19.4 Å². The molecule has 1 saturated carbocycles. The smallest absolute Gasteiger partial charge is 0.317 e. The third-order valence-corrected chi connectivity index (χ3v) is 4.41. The highest BCUT2D eigenvalue weighted by Crippen LogP contribution is 2.25. The summed E-state index contributed by atoms with van der Waals surface area (Å²) in [6.45, 7) is 3.27. The molecule has 0 spiro atoms. The number of nitrogens with zero attached hydrogens (tertiary/aromatic N) is 1. The molecular weight excluding hydrogens is 308 g/mol. The molecule has 24 heavy (non-hydrogen) atoms. The lowest BCUT2D eigenvalue weighted by atomic mass is 9.85. The van der Waals surface area contributed by atoms with Gasteiger partial charge in [-0.15, -0.1) is 0 Å². The first-order valence-electron chi connectivity index (χ1n) is 8.33. The van der Waals surface area contributed by atoms with E-state index in [9.17, 15) is 9.59 Å². The van der Waals surface area contributed by atoms with E-state index in [4.69, 9.17) is 9.84 Å². The minimum atomic E-state index is -0.805. The summed E-state index contributed by atoms with van der Waals surface area (Å²) in [5, 5.41) is 11.9. The number of likely N-dealkylation sites (N-methyl/N-ethyl adjacent to an activating group) is 1. The van der Waals surface area contributed by atoms with Crippen LogP contribution < -0.4 is 5.32 Å². The van der Waals surface area contributed by atoms with E-state index in [0.29, 0.717) is 19.6 Å². The molecule has 0 unspecified atom stereocenters. The molecule has 0 heterocycles. The zero-order chi connectivity index (χ0) is 17.5. The van der Waals surface area contributed by atoms with Crippen LogP contribution in [0.4, 0.5) is 0 Å². The summed E-state index contributed by atoms with van der Waals surface area (Å²) in [7, 11) is 1.65. The highest BCUT2D eigenvalue weighted by molar-refractivity contribution is 5.79. The number of hydrogen-bond acceptors (Lipinski definition) is 4. The molecule has 0 atom stereocenters. The largest absolute Gasteiger partial charge is 0.480 e. The number of rotatable bonds is 9. The Morgan fingerprint density at radius 1 is 1.33 bits per heavy atom. The van der Waals surface area contributed by atoms with Crippen LogP contribution >= 0.6 is 0 Å². The number of aliphatic carboxylic acids is 1. The van der Waals surface area contributed by atoms with E-state index in [0.717, 1.165) is 24.0 Å². The maximum atomic E-state index is 12.2. The van der Waals surface area contributed by atoms with Crippen molar-refractivity contribution in [1.29, 1.82) is 0 Å². The van der Waals surface area contributed by atoms with Crippen LogP contribution in [-0.4, -0.2) is 54.2 Å². The second-order valence-corrected chi connectivity index (χ2v) is 6.28. The van der Waals surface area contributed by atoms with E-state index in [2.05, 4.69) is 5.32 Å². The number of carbonyl (C=O) groups is 2. The molecule has 0 bridgehead atoms. The average molecular weight is 334 g/mol. The third-order valence-electron chi connectivity index (χ3n) is 4.41. The minimum Gasteiger partial charge on any atom is -0.480 e. The van der Waals surface area contributed by atoms with Crippen molar-refractivity contribution in [3.63, 3.8) is 0 Å². The molecule has 0 saturated heterocycles. The van der Waals surface area contributed by atoms with Gasteiger partial charge in [-0.3, -0.25) is 14.5 Å². The molecule has 6 heteroatoms. The summed E-state index contributed by atoms with van der Waals surface area (Å²) in [6.07, 6.45) is 1.98. The monoisotopic (exact) mass is 334 g/mol. The number of hydrogen-bond donors (Lipinski definition) is 2. The first-order valence-corrected chi connectivity index (χ1v) is 8.33. The van der Waals surface area contributed by atoms with Crippen molar-refractivity contribution in [2.45, 2.75) is 44.9 Å². The lowest BCUT2D eigenvalue weighted by Crippen LogP contribution is -2.55. The van der Waals surface area contributed by atoms with Gasteiger partial charge in [0.15, 0.2) is 0 Å². The summed E-state index contributed by atoms with van der Waals surface area (Å²) in [6, 6.07) is 8.23. The first kappa shape index (κ1) is 18.4. The van der Waals surface area contributed by atoms with Crippen molar-refractivity contribution in [2.75, 3.05) is 20.2 Å². The Kier molecular flexibility index (Phi) is 6.75. The van der Waals surface area contributed by atoms with E-state index >= 15 is 0 Å². The fraction of sp³-hybridized carbons (Fsp3) is 0.556. The number of benzene rings is 1. The topological polar surface area (TPSA) is 78.9 Å². The van der Waals surface area contributed by atoms with Crippen molar-refractivity contribution in [3.8, 4) is 0 Å². The Balaban J connectivity index is 1.76. The van der Waals surface area contributed by atoms with Crippen molar-refractivity contribution in [2.24, 2.45) is 0 Å². The van der Waals surface area contributed by atoms with Crippen molar-refractivity contribution in [3.05, 3.63) is 35.4 Å². The molecule has 1 amide bonds. The van der Waals surface area contributed by atoms with Gasteiger partial charge in [0.25, 0.3) is 0 Å². The lowest BCUT2D eigenvalue weighted by Gasteiger charge is -2.42. The molecule has 0 aromatic heterocycles. The van der Waals surface area contributed by atoms with Crippen LogP contribution in [0.3, 0.4) is 0 Å². The molecule has 0 aliphatic heterocycles. The van der Waals surface area contributed by atoms with Crippen LogP contribution in [0.5, 0.6) is 0 Å². The molecule has 0 radical (unpaired) electrons. The van der Waals surface area contributed by atoms with Crippen LogP contribution in [0, 0.1) is 0 Å². The minimum absolute atomic E-state index is 0.00861. The summed E-state index contributed by atoms with van der Waals surface area (Å²) in [5.74, 6) is -0.797. The Morgan fingerprint density at radius 2 is 2.04 bits per heavy atom. The molecule has 1 fully saturated rings. The fourth-order valence-electron chi connectivity index (χ4n) is 3.14. The maximum Gasteiger partial charge on any atom is 0.317 e. The Hall–Kier alpha value is -1.92. The van der Waals surface area contributed by atoms with Crippen LogP contribution in [0.25, 0.3) is 0 Å². The Morgan fingerprint density at radius 3 is 2.67 bits per heavy atom. The number of methoxy groups -OCH3 is 1. The van der Waals surface area contributed by atoms with Crippen LogP contribution in [0.15, 0.2) is 24.3 Å². The van der Waals surface area contributed by atoms with Gasteiger partial charge >= 0.3 is 5.97 Å². The zero-order valence-corrected chi connectivity index (χ0v) is 14.3. The fourth-order valence-corrected chi connectivity index (χ4v) is 3.14. The SMILES string of the molecule is CCN(CC(=O)O)C1CC(NC(=O)Cc2cccc(COC)c2)C1. The number of amides is 1. The first-order chi connectivity index (χ1) is 11.5. The Bertz CT molecular complexity index is 570. The standard InChI is InChI=1S/C18H26N2O4/c1-3-20(11-18(22)23)16-9-15(10-16)19-17(21)8-13-5-4-6-14(7-13)12-24-2/h4-7,15-16H,3,8-12H2,1-2H3,(H,19,21)(H,22,23). The van der Waals surface area contributed by atoms with Gasteiger partial charge in [-0.05, 0) is 30.5 Å². The van der Waals surface area contributed by atoms with Gasteiger partial charge in [0.2, 0.25) is 5.91 Å². The molecule has 6 nitrogen and oxygen atoms in total. The van der Waals surface area contributed by atoms with Gasteiger partial charge in [-0.2, -0.15) is 0 Å². The molecule has 2 N–H and O–H groups in total. The molecular formula is C18H26N2O4. The molecule has 1 aromatic carbocycles. The van der Waals surface area contributed by atoms with E-state index in [-0.39, 0.29) is 24.5 Å². The summed E-state index contributed by atoms with van der Waals surface area (Å²) in [4.78, 5) is 24.9. The van der Waals surface area contributed by atoms with Gasteiger partial charge < -0.3 is 15.2 Å². The zero-order valence-electron chi connectivity index (χ0n) is 14.3.